The van der Waals surface area contributed by atoms with E-state index in [2.05, 4.69) is 0 Å². The van der Waals surface area contributed by atoms with Gasteiger partial charge < -0.3 is 37.9 Å². The molecular weight excluding hydrogens is 672 g/mol. The van der Waals surface area contributed by atoms with Crippen LogP contribution in [0.15, 0.2) is 60.7 Å². The van der Waals surface area contributed by atoms with E-state index in [1.165, 1.54) is 102 Å². The van der Waals surface area contributed by atoms with Crippen molar-refractivity contribution in [3.8, 4) is 23.0 Å². The molecule has 268 valence electrons. The summed E-state index contributed by atoms with van der Waals surface area (Å²) in [7, 11) is 0. The Balaban J connectivity index is 1.53. The lowest BCUT2D eigenvalue weighted by molar-refractivity contribution is -0.175. The summed E-state index contributed by atoms with van der Waals surface area (Å²) in [5.74, 6) is -6.49. The van der Waals surface area contributed by atoms with Crippen LogP contribution in [0.4, 0.5) is 0 Å². The molecule has 2 aromatic rings. The highest BCUT2D eigenvalue weighted by Crippen LogP contribution is 2.41. The van der Waals surface area contributed by atoms with E-state index in [9.17, 15) is 33.6 Å². The van der Waals surface area contributed by atoms with Crippen LogP contribution in [0.1, 0.15) is 59.1 Å². The minimum atomic E-state index is -1.63. The minimum Gasteiger partial charge on any atom is -0.455 e. The maximum absolute atomic E-state index is 13.1. The lowest BCUT2D eigenvalue weighted by Gasteiger charge is -2.34. The van der Waals surface area contributed by atoms with E-state index in [0.717, 1.165) is 12.2 Å². The summed E-state index contributed by atoms with van der Waals surface area (Å²) in [6, 6.07) is 8.48. The Kier molecular flexibility index (Phi) is 11.6. The third-order valence-corrected chi connectivity index (χ3v) is 6.83. The summed E-state index contributed by atoms with van der Waals surface area (Å²) in [4.78, 5) is 84.8. The molecule has 4 rings (SSSR count). The summed E-state index contributed by atoms with van der Waals surface area (Å²) in [6.07, 6.45) is 4.88. The van der Waals surface area contributed by atoms with Gasteiger partial charge in [0.15, 0.2) is 34.7 Å². The Labute approximate surface area is 291 Å². The van der Waals surface area contributed by atoms with Crippen LogP contribution in [-0.2, 0) is 52.5 Å². The molecule has 1 heterocycles. The molecule has 0 radical (unpaired) electrons. The Hall–Kier alpha value is -6.09. The second-order valence-electron chi connectivity index (χ2n) is 11.7. The van der Waals surface area contributed by atoms with Crippen molar-refractivity contribution < 1.29 is 71.5 Å². The van der Waals surface area contributed by atoms with Gasteiger partial charge in [-0.1, -0.05) is 12.1 Å². The highest BCUT2D eigenvalue weighted by molar-refractivity contribution is 5.89. The molecule has 0 aromatic heterocycles. The molecule has 1 aliphatic heterocycles. The molecule has 0 saturated carbocycles. The molecule has 15 heteroatoms. The lowest BCUT2D eigenvalue weighted by Crippen LogP contribution is -2.48. The van der Waals surface area contributed by atoms with Crippen LogP contribution < -0.4 is 18.9 Å². The molecule has 2 aromatic carbocycles. The first-order valence-corrected chi connectivity index (χ1v) is 15.4. The number of hydrogen-bond acceptors (Lipinski definition) is 15. The fraction of sp³-hybridized carbons (Fsp3) is 0.306. The zero-order chi connectivity index (χ0) is 37.5. The quantitative estimate of drug-likeness (QED) is 0.113. The lowest BCUT2D eigenvalue weighted by atomic mass is 9.87. The minimum absolute atomic E-state index is 0.00269. The molecular formula is C36H34O15. The molecule has 1 aliphatic carbocycles. The molecule has 2 aliphatic rings. The summed E-state index contributed by atoms with van der Waals surface area (Å²) >= 11 is 0. The fourth-order valence-corrected chi connectivity index (χ4v) is 5.01. The van der Waals surface area contributed by atoms with Crippen molar-refractivity contribution in [3.05, 3.63) is 71.8 Å². The third-order valence-electron chi connectivity index (χ3n) is 6.83. The summed E-state index contributed by atoms with van der Waals surface area (Å²) < 4.78 is 42.8. The predicted octanol–water partition coefficient (Wildman–Crippen LogP) is 3.95. The van der Waals surface area contributed by atoms with Crippen molar-refractivity contribution in [1.82, 2.24) is 0 Å². The van der Waals surface area contributed by atoms with Crippen molar-refractivity contribution in [1.29, 1.82) is 0 Å². The Morgan fingerprint density at radius 1 is 0.686 bits per heavy atom. The molecule has 1 saturated heterocycles. The second-order valence-corrected chi connectivity index (χ2v) is 11.7. The van der Waals surface area contributed by atoms with Crippen molar-refractivity contribution in [2.24, 2.45) is 0 Å². The summed E-state index contributed by atoms with van der Waals surface area (Å²) in [5.41, 5.74) is -0.874. The molecule has 1 spiro atoms. The molecule has 1 fully saturated rings. The number of carbonyl (C=O) groups excluding carboxylic acids is 7. The topological polar surface area (TPSA) is 193 Å². The Morgan fingerprint density at radius 2 is 1.14 bits per heavy atom. The first-order chi connectivity index (χ1) is 23.9. The number of benzene rings is 2. The van der Waals surface area contributed by atoms with Crippen LogP contribution in [0, 0.1) is 0 Å². The van der Waals surface area contributed by atoms with Gasteiger partial charge in [0.1, 0.15) is 6.10 Å². The van der Waals surface area contributed by atoms with Crippen LogP contribution in [0.2, 0.25) is 0 Å². The smallest absolute Gasteiger partial charge is 0.345 e. The number of rotatable bonds is 10. The van der Waals surface area contributed by atoms with E-state index >= 15 is 0 Å². The monoisotopic (exact) mass is 706 g/mol. The van der Waals surface area contributed by atoms with Crippen LogP contribution in [0.5, 0.6) is 23.0 Å². The SMILES string of the molecule is CC(=O)Oc1ccc(/C=C/C(=O)O[C@@H]2C=C[C@@]3(C[C@H]2OC(=O)/C=C/c2ccc(OC(C)=O)c(OC(C)=O)c2)OC(C)(C)OC3=O)cc1OC(C)=O. The van der Waals surface area contributed by atoms with Crippen LogP contribution in [-0.4, -0.2) is 65.4 Å². The van der Waals surface area contributed by atoms with Gasteiger partial charge in [0, 0.05) is 60.1 Å². The van der Waals surface area contributed by atoms with Crippen LogP contribution in [0.25, 0.3) is 12.2 Å². The average Bonchev–Trinajstić information content (AvgIpc) is 3.24. The van der Waals surface area contributed by atoms with Crippen LogP contribution in [0.3, 0.4) is 0 Å². The van der Waals surface area contributed by atoms with Crippen molar-refractivity contribution in [3.63, 3.8) is 0 Å². The van der Waals surface area contributed by atoms with E-state index < -0.39 is 65.4 Å². The van der Waals surface area contributed by atoms with E-state index in [0.29, 0.717) is 11.1 Å². The van der Waals surface area contributed by atoms with Gasteiger partial charge in [-0.15, -0.1) is 0 Å². The molecule has 51 heavy (non-hydrogen) atoms. The van der Waals surface area contributed by atoms with Gasteiger partial charge in [-0.2, -0.15) is 0 Å². The van der Waals surface area contributed by atoms with Gasteiger partial charge >= 0.3 is 41.8 Å². The maximum Gasteiger partial charge on any atom is 0.345 e. The third kappa shape index (κ3) is 10.4. The zero-order valence-corrected chi connectivity index (χ0v) is 28.4. The van der Waals surface area contributed by atoms with Gasteiger partial charge in [0.2, 0.25) is 5.79 Å². The van der Waals surface area contributed by atoms with Crippen LogP contribution >= 0.6 is 0 Å². The highest BCUT2D eigenvalue weighted by Gasteiger charge is 2.56. The largest absolute Gasteiger partial charge is 0.455 e. The van der Waals surface area contributed by atoms with Crippen molar-refractivity contribution in [2.75, 3.05) is 0 Å². The molecule has 0 bridgehead atoms. The van der Waals surface area contributed by atoms with E-state index in [1.807, 2.05) is 0 Å². The van der Waals surface area contributed by atoms with E-state index in [4.69, 9.17) is 37.9 Å². The predicted molar refractivity (Wildman–Crippen MR) is 174 cm³/mol. The fourth-order valence-electron chi connectivity index (χ4n) is 5.01. The number of carbonyl (C=O) groups is 7. The van der Waals surface area contributed by atoms with Gasteiger partial charge in [-0.05, 0) is 59.7 Å². The van der Waals surface area contributed by atoms with Crippen molar-refractivity contribution >= 4 is 53.9 Å². The van der Waals surface area contributed by atoms with Gasteiger partial charge in [-0.3, -0.25) is 19.2 Å². The van der Waals surface area contributed by atoms with E-state index in [1.54, 1.807) is 0 Å². The number of hydrogen-bond donors (Lipinski definition) is 0. The molecule has 0 N–H and O–H groups in total. The van der Waals surface area contributed by atoms with Crippen molar-refractivity contribution in [2.45, 2.75) is 71.6 Å². The van der Waals surface area contributed by atoms with Gasteiger partial charge in [-0.25, -0.2) is 14.4 Å². The van der Waals surface area contributed by atoms with E-state index in [-0.39, 0.29) is 29.4 Å². The maximum atomic E-state index is 13.1. The molecule has 3 atom stereocenters. The number of ether oxygens (including phenoxy) is 8. The standard InChI is InChI=1S/C36H34O15/c1-20(37)44-26-11-7-24(17-29(26)46-22(3)39)9-13-32(41)48-28-15-16-36(34(43)50-35(5,6)51-36)19-31(28)49-33(42)14-10-25-8-12-27(45-21(2)38)30(18-25)47-23(4)40/h7-18,28,31H,19H2,1-6H3/b13-9+,14-10+/t28-,31-,36+/m1/s1. The molecule has 15 nitrogen and oxygen atoms in total. The summed E-state index contributed by atoms with van der Waals surface area (Å²) in [5, 5.41) is 0. The van der Waals surface area contributed by atoms with Gasteiger partial charge in [0.25, 0.3) is 0 Å². The molecule has 0 unspecified atom stereocenters. The Bertz CT molecular complexity index is 1850. The number of esters is 7. The normalized spacial score (nSPS) is 20.5. The average molecular weight is 707 g/mol. The second kappa shape index (κ2) is 15.6. The zero-order valence-electron chi connectivity index (χ0n) is 28.4. The Morgan fingerprint density at radius 3 is 1.57 bits per heavy atom. The summed E-state index contributed by atoms with van der Waals surface area (Å²) in [6.45, 7) is 7.77. The first-order valence-electron chi connectivity index (χ1n) is 15.4. The highest BCUT2D eigenvalue weighted by atomic mass is 16.8. The number of cyclic esters (lactones) is 1. The molecule has 0 amide bonds. The first kappa shape index (κ1) is 37.7. The van der Waals surface area contributed by atoms with Gasteiger partial charge in [0.05, 0.1) is 0 Å².